The van der Waals surface area contributed by atoms with E-state index in [1.165, 1.54) is 16.9 Å². The number of hydrogen-bond donors (Lipinski definition) is 1. The Morgan fingerprint density at radius 2 is 2.04 bits per heavy atom. The monoisotopic (exact) mass is 360 g/mol. The van der Waals surface area contributed by atoms with Crippen molar-refractivity contribution in [3.8, 4) is 5.75 Å². The first-order chi connectivity index (χ1) is 12.1. The largest absolute Gasteiger partial charge is 0.486 e. The summed E-state index contributed by atoms with van der Waals surface area (Å²) in [4.78, 5) is 27.6. The Labute approximate surface area is 150 Å². The van der Waals surface area contributed by atoms with Crippen LogP contribution in [-0.4, -0.2) is 29.5 Å². The number of thiazole rings is 1. The third-order valence-electron chi connectivity index (χ3n) is 3.61. The van der Waals surface area contributed by atoms with Crippen LogP contribution in [0.25, 0.3) is 0 Å². The SMILES string of the molecule is Cc1ccc(OCc2nc(CC(=O)OCC(=O)NC3CC3)cs2)cc1. The van der Waals surface area contributed by atoms with Gasteiger partial charge >= 0.3 is 5.97 Å². The molecule has 1 aromatic heterocycles. The van der Waals surface area contributed by atoms with Crippen molar-refractivity contribution in [3.05, 3.63) is 45.9 Å². The zero-order valence-electron chi connectivity index (χ0n) is 14.0. The Morgan fingerprint density at radius 3 is 2.76 bits per heavy atom. The van der Waals surface area contributed by atoms with E-state index >= 15 is 0 Å². The van der Waals surface area contributed by atoms with E-state index in [1.54, 1.807) is 5.38 Å². The van der Waals surface area contributed by atoms with Gasteiger partial charge in [-0.2, -0.15) is 0 Å². The van der Waals surface area contributed by atoms with E-state index in [2.05, 4.69) is 10.3 Å². The molecule has 0 aliphatic heterocycles. The normalized spacial score (nSPS) is 13.3. The van der Waals surface area contributed by atoms with Gasteiger partial charge in [-0.1, -0.05) is 17.7 Å². The second-order valence-electron chi connectivity index (χ2n) is 6.01. The highest BCUT2D eigenvalue weighted by Gasteiger charge is 2.23. The smallest absolute Gasteiger partial charge is 0.312 e. The maximum atomic E-state index is 11.8. The molecule has 0 atom stereocenters. The van der Waals surface area contributed by atoms with E-state index in [4.69, 9.17) is 9.47 Å². The summed E-state index contributed by atoms with van der Waals surface area (Å²) in [6, 6.07) is 8.05. The molecule has 1 saturated carbocycles. The molecule has 6 nitrogen and oxygen atoms in total. The van der Waals surface area contributed by atoms with Gasteiger partial charge in [-0.05, 0) is 31.9 Å². The quantitative estimate of drug-likeness (QED) is 0.732. The minimum absolute atomic E-state index is 0.0533. The Bertz CT molecular complexity index is 738. The van der Waals surface area contributed by atoms with Crippen molar-refractivity contribution in [2.45, 2.75) is 38.8 Å². The Kier molecular flexibility index (Phi) is 5.65. The molecule has 132 valence electrons. The zero-order valence-corrected chi connectivity index (χ0v) is 14.8. The summed E-state index contributed by atoms with van der Waals surface area (Å²) in [5, 5.41) is 5.36. The van der Waals surface area contributed by atoms with Crippen LogP contribution in [0.2, 0.25) is 0 Å². The molecule has 1 aliphatic rings. The average Bonchev–Trinajstić information content (AvgIpc) is 3.29. The topological polar surface area (TPSA) is 77.5 Å². The summed E-state index contributed by atoms with van der Waals surface area (Å²) in [7, 11) is 0. The van der Waals surface area contributed by atoms with Crippen molar-refractivity contribution < 1.29 is 19.1 Å². The number of rotatable bonds is 8. The van der Waals surface area contributed by atoms with E-state index in [-0.39, 0.29) is 25.0 Å². The highest BCUT2D eigenvalue weighted by atomic mass is 32.1. The first kappa shape index (κ1) is 17.4. The molecule has 7 heteroatoms. The molecule has 0 unspecified atom stereocenters. The second kappa shape index (κ2) is 8.11. The van der Waals surface area contributed by atoms with Gasteiger partial charge < -0.3 is 14.8 Å². The van der Waals surface area contributed by atoms with Crippen molar-refractivity contribution in [2.24, 2.45) is 0 Å². The van der Waals surface area contributed by atoms with Crippen LogP contribution in [0.4, 0.5) is 0 Å². The number of nitrogens with zero attached hydrogens (tertiary/aromatic N) is 1. The number of carbonyl (C=O) groups excluding carboxylic acids is 2. The zero-order chi connectivity index (χ0) is 17.6. The summed E-state index contributed by atoms with van der Waals surface area (Å²) in [6.07, 6.45) is 2.07. The fraction of sp³-hybridized carbons (Fsp3) is 0.389. The first-order valence-corrected chi connectivity index (χ1v) is 9.04. The molecule has 1 fully saturated rings. The highest BCUT2D eigenvalue weighted by Crippen LogP contribution is 2.18. The molecular weight excluding hydrogens is 340 g/mol. The van der Waals surface area contributed by atoms with Crippen LogP contribution in [0, 0.1) is 6.92 Å². The lowest BCUT2D eigenvalue weighted by Crippen LogP contribution is -2.30. The van der Waals surface area contributed by atoms with Crippen LogP contribution in [0.5, 0.6) is 5.75 Å². The molecule has 1 aliphatic carbocycles. The van der Waals surface area contributed by atoms with Crippen LogP contribution < -0.4 is 10.1 Å². The Hall–Kier alpha value is -2.41. The lowest BCUT2D eigenvalue weighted by Gasteiger charge is -2.05. The molecule has 0 saturated heterocycles. The standard InChI is InChI=1S/C18H20N2O4S/c1-12-2-6-15(7-3-12)23-10-17-20-14(11-25-17)8-18(22)24-9-16(21)19-13-4-5-13/h2-3,6-7,11,13H,4-5,8-10H2,1H3,(H,19,21). The number of ether oxygens (including phenoxy) is 2. The number of aromatic nitrogens is 1. The molecule has 1 amide bonds. The summed E-state index contributed by atoms with van der Waals surface area (Å²) in [6.45, 7) is 2.14. The maximum Gasteiger partial charge on any atom is 0.312 e. The van der Waals surface area contributed by atoms with Crippen LogP contribution in [-0.2, 0) is 27.4 Å². The van der Waals surface area contributed by atoms with E-state index in [9.17, 15) is 9.59 Å². The van der Waals surface area contributed by atoms with Crippen molar-refractivity contribution in [3.63, 3.8) is 0 Å². The van der Waals surface area contributed by atoms with Crippen LogP contribution >= 0.6 is 11.3 Å². The van der Waals surface area contributed by atoms with Gasteiger partial charge in [-0.3, -0.25) is 9.59 Å². The van der Waals surface area contributed by atoms with Crippen LogP contribution in [0.1, 0.15) is 29.1 Å². The van der Waals surface area contributed by atoms with Gasteiger partial charge in [0.1, 0.15) is 17.4 Å². The lowest BCUT2D eigenvalue weighted by molar-refractivity contribution is -0.147. The maximum absolute atomic E-state index is 11.8. The van der Waals surface area contributed by atoms with Gasteiger partial charge in [0.25, 0.3) is 5.91 Å². The molecule has 1 heterocycles. The fourth-order valence-corrected chi connectivity index (χ4v) is 2.82. The fourth-order valence-electron chi connectivity index (χ4n) is 2.12. The molecule has 0 spiro atoms. The summed E-state index contributed by atoms with van der Waals surface area (Å²) >= 11 is 1.43. The lowest BCUT2D eigenvalue weighted by atomic mass is 10.2. The van der Waals surface area contributed by atoms with Crippen molar-refractivity contribution in [1.82, 2.24) is 10.3 Å². The van der Waals surface area contributed by atoms with Crippen molar-refractivity contribution in [1.29, 1.82) is 0 Å². The number of carbonyl (C=O) groups is 2. The predicted molar refractivity (Wildman–Crippen MR) is 93.5 cm³/mol. The number of esters is 1. The predicted octanol–water partition coefficient (Wildman–Crippen LogP) is 2.39. The van der Waals surface area contributed by atoms with Gasteiger partial charge in [-0.15, -0.1) is 11.3 Å². The Balaban J connectivity index is 1.40. The molecule has 0 bridgehead atoms. The number of hydrogen-bond acceptors (Lipinski definition) is 6. The third kappa shape index (κ3) is 5.86. The van der Waals surface area contributed by atoms with Crippen molar-refractivity contribution in [2.75, 3.05) is 6.61 Å². The number of nitrogens with one attached hydrogen (secondary N) is 1. The van der Waals surface area contributed by atoms with Gasteiger partial charge in [0.2, 0.25) is 0 Å². The van der Waals surface area contributed by atoms with E-state index in [1.807, 2.05) is 31.2 Å². The highest BCUT2D eigenvalue weighted by molar-refractivity contribution is 7.09. The van der Waals surface area contributed by atoms with Gasteiger partial charge in [0.05, 0.1) is 12.1 Å². The number of aryl methyl sites for hydroxylation is 1. The molecule has 0 radical (unpaired) electrons. The summed E-state index contributed by atoms with van der Waals surface area (Å²) in [5.74, 6) is 0.0759. The number of benzene rings is 1. The third-order valence-corrected chi connectivity index (χ3v) is 4.49. The molecule has 3 rings (SSSR count). The summed E-state index contributed by atoms with van der Waals surface area (Å²) < 4.78 is 10.6. The molecule has 2 aromatic rings. The van der Waals surface area contributed by atoms with E-state index in [0.29, 0.717) is 12.3 Å². The van der Waals surface area contributed by atoms with Gasteiger partial charge in [0, 0.05) is 11.4 Å². The van der Waals surface area contributed by atoms with E-state index < -0.39 is 5.97 Å². The van der Waals surface area contributed by atoms with Gasteiger partial charge in [0.15, 0.2) is 6.61 Å². The summed E-state index contributed by atoms with van der Waals surface area (Å²) in [5.41, 5.74) is 1.80. The number of amides is 1. The van der Waals surface area contributed by atoms with Crippen molar-refractivity contribution >= 4 is 23.2 Å². The molecule has 25 heavy (non-hydrogen) atoms. The minimum Gasteiger partial charge on any atom is -0.486 e. The second-order valence-corrected chi connectivity index (χ2v) is 6.96. The first-order valence-electron chi connectivity index (χ1n) is 8.16. The van der Waals surface area contributed by atoms with Crippen LogP contribution in [0.3, 0.4) is 0 Å². The average molecular weight is 360 g/mol. The molecular formula is C18H20N2O4S. The van der Waals surface area contributed by atoms with Crippen LogP contribution in [0.15, 0.2) is 29.6 Å². The molecule has 1 N–H and O–H groups in total. The van der Waals surface area contributed by atoms with Gasteiger partial charge in [-0.25, -0.2) is 4.98 Å². The van der Waals surface area contributed by atoms with E-state index in [0.717, 1.165) is 23.6 Å². The Morgan fingerprint density at radius 1 is 1.28 bits per heavy atom. The molecule has 1 aromatic carbocycles. The minimum atomic E-state index is -0.456.